The third kappa shape index (κ3) is 4.72. The molecule has 1 heterocycles. The van der Waals surface area contributed by atoms with E-state index in [1.807, 2.05) is 19.1 Å². The average molecular weight is 363 g/mol. The van der Waals surface area contributed by atoms with Crippen LogP contribution in [0.2, 0.25) is 0 Å². The van der Waals surface area contributed by atoms with Crippen LogP contribution < -0.4 is 5.32 Å². The Morgan fingerprint density at radius 2 is 1.84 bits per heavy atom. The summed E-state index contributed by atoms with van der Waals surface area (Å²) in [5, 5.41) is 1.75. The van der Waals surface area contributed by atoms with E-state index in [2.05, 4.69) is 19.2 Å². The molecule has 0 radical (unpaired) electrons. The molecule has 1 aromatic carbocycles. The number of carbonyl (C=O) groups is 1. The molecule has 0 fully saturated rings. The van der Waals surface area contributed by atoms with E-state index >= 15 is 0 Å². The molecular weight excluding hydrogens is 338 g/mol. The lowest BCUT2D eigenvalue weighted by Gasteiger charge is -2.17. The number of furan rings is 1. The van der Waals surface area contributed by atoms with Crippen LogP contribution in [0.5, 0.6) is 0 Å². The van der Waals surface area contributed by atoms with Crippen LogP contribution in [0.15, 0.2) is 52.0 Å². The molecular formula is C19H25NO4S. The highest BCUT2D eigenvalue weighted by Crippen LogP contribution is 2.29. The predicted molar refractivity (Wildman–Crippen MR) is 97.1 cm³/mol. The Hall–Kier alpha value is -2.08. The smallest absolute Gasteiger partial charge is 0.220 e. The highest BCUT2D eigenvalue weighted by Gasteiger charge is 2.31. The van der Waals surface area contributed by atoms with Gasteiger partial charge < -0.3 is 9.73 Å². The Morgan fingerprint density at radius 3 is 2.36 bits per heavy atom. The first-order valence-electron chi connectivity index (χ1n) is 8.50. The van der Waals surface area contributed by atoms with Gasteiger partial charge in [0.2, 0.25) is 5.91 Å². The van der Waals surface area contributed by atoms with Crippen LogP contribution in [0, 0.1) is 0 Å². The summed E-state index contributed by atoms with van der Waals surface area (Å²) in [5.41, 5.74) is 1.07. The minimum Gasteiger partial charge on any atom is -0.468 e. The van der Waals surface area contributed by atoms with Gasteiger partial charge in [0.15, 0.2) is 9.84 Å². The molecule has 0 aliphatic rings. The van der Waals surface area contributed by atoms with E-state index < -0.39 is 15.1 Å². The molecule has 1 aromatic heterocycles. The van der Waals surface area contributed by atoms with Crippen molar-refractivity contribution in [2.45, 2.75) is 49.7 Å². The number of benzene rings is 1. The van der Waals surface area contributed by atoms with Gasteiger partial charge in [-0.3, -0.25) is 4.79 Å². The van der Waals surface area contributed by atoms with Crippen LogP contribution in [0.3, 0.4) is 0 Å². The van der Waals surface area contributed by atoms with Crippen LogP contribution >= 0.6 is 0 Å². The number of nitrogens with one attached hydrogen (secondary N) is 1. The Balaban J connectivity index is 2.30. The van der Waals surface area contributed by atoms with Crippen molar-refractivity contribution in [3.63, 3.8) is 0 Å². The molecule has 0 spiro atoms. The van der Waals surface area contributed by atoms with E-state index in [0.29, 0.717) is 24.5 Å². The van der Waals surface area contributed by atoms with E-state index in [0.717, 1.165) is 5.56 Å². The fourth-order valence-corrected chi connectivity index (χ4v) is 4.15. The molecule has 0 unspecified atom stereocenters. The highest BCUT2D eigenvalue weighted by molar-refractivity contribution is 7.91. The number of hydrogen-bond acceptors (Lipinski definition) is 4. The molecule has 0 bridgehead atoms. The van der Waals surface area contributed by atoms with Gasteiger partial charge in [0.05, 0.1) is 11.2 Å². The molecule has 0 aliphatic carbocycles. The number of hydrogen-bond donors (Lipinski definition) is 1. The predicted octanol–water partition coefficient (Wildman–Crippen LogP) is 3.83. The minimum absolute atomic E-state index is 0.0133. The fourth-order valence-electron chi connectivity index (χ4n) is 2.57. The fraction of sp³-hybridized carbons (Fsp3) is 0.421. The summed E-state index contributed by atoms with van der Waals surface area (Å²) in [5.74, 6) is 0.486. The maximum absolute atomic E-state index is 13.1. The lowest BCUT2D eigenvalue weighted by Crippen LogP contribution is -2.31. The number of amides is 1. The first-order valence-corrected chi connectivity index (χ1v) is 10.0. The van der Waals surface area contributed by atoms with Crippen molar-refractivity contribution in [1.29, 1.82) is 0 Å². The van der Waals surface area contributed by atoms with Crippen molar-refractivity contribution in [2.24, 2.45) is 0 Å². The highest BCUT2D eigenvalue weighted by atomic mass is 32.2. The first-order chi connectivity index (χ1) is 11.9. The van der Waals surface area contributed by atoms with Gasteiger partial charge in [-0.2, -0.15) is 0 Å². The molecule has 1 N–H and O–H groups in total. The van der Waals surface area contributed by atoms with Gasteiger partial charge in [-0.1, -0.05) is 32.9 Å². The van der Waals surface area contributed by atoms with E-state index in [1.165, 1.54) is 6.26 Å². The summed E-state index contributed by atoms with van der Waals surface area (Å²) in [7, 11) is -3.69. The SMILES string of the molecule is CCCC(=O)NC[C@@H](c1ccco1)S(=O)(=O)c1ccc(C(C)C)cc1. The van der Waals surface area contributed by atoms with Gasteiger partial charge in [-0.15, -0.1) is 0 Å². The van der Waals surface area contributed by atoms with Gasteiger partial charge in [0.1, 0.15) is 11.0 Å². The van der Waals surface area contributed by atoms with Crippen LogP contribution in [0.4, 0.5) is 0 Å². The minimum atomic E-state index is -3.69. The number of rotatable bonds is 8. The Kier molecular flexibility index (Phi) is 6.42. The quantitative estimate of drug-likeness (QED) is 0.773. The lowest BCUT2D eigenvalue weighted by atomic mass is 10.0. The second kappa shape index (κ2) is 8.34. The van der Waals surface area contributed by atoms with Crippen molar-refractivity contribution >= 4 is 15.7 Å². The molecule has 0 saturated heterocycles. The van der Waals surface area contributed by atoms with Gasteiger partial charge in [-0.25, -0.2) is 8.42 Å². The summed E-state index contributed by atoms with van der Waals surface area (Å²) in [6.07, 6.45) is 2.52. The van der Waals surface area contributed by atoms with E-state index in [1.54, 1.807) is 24.3 Å². The first kappa shape index (κ1) is 19.2. The molecule has 6 heteroatoms. The zero-order valence-electron chi connectivity index (χ0n) is 14.9. The number of sulfone groups is 1. The van der Waals surface area contributed by atoms with Crippen LogP contribution in [0.25, 0.3) is 0 Å². The maximum Gasteiger partial charge on any atom is 0.220 e. The monoisotopic (exact) mass is 363 g/mol. The van der Waals surface area contributed by atoms with E-state index in [9.17, 15) is 13.2 Å². The van der Waals surface area contributed by atoms with Crippen molar-refractivity contribution in [1.82, 2.24) is 5.32 Å². The maximum atomic E-state index is 13.1. The summed E-state index contributed by atoms with van der Waals surface area (Å²) in [6.45, 7) is 5.99. The van der Waals surface area contributed by atoms with Crippen molar-refractivity contribution in [2.75, 3.05) is 6.54 Å². The van der Waals surface area contributed by atoms with Crippen molar-refractivity contribution in [3.05, 3.63) is 54.0 Å². The van der Waals surface area contributed by atoms with E-state index in [4.69, 9.17) is 4.42 Å². The van der Waals surface area contributed by atoms with Crippen LogP contribution in [-0.4, -0.2) is 20.9 Å². The molecule has 25 heavy (non-hydrogen) atoms. The standard InChI is InChI=1S/C19H25NO4S/c1-4-6-19(21)20-13-18(17-7-5-12-24-17)25(22,23)16-10-8-15(9-11-16)14(2)3/h5,7-12,14,18H,4,6,13H2,1-3H3,(H,20,21)/t18-/m0/s1. The largest absolute Gasteiger partial charge is 0.468 e. The molecule has 0 saturated carbocycles. The molecule has 2 rings (SSSR count). The second-order valence-electron chi connectivity index (χ2n) is 6.33. The lowest BCUT2D eigenvalue weighted by molar-refractivity contribution is -0.121. The number of carbonyl (C=O) groups excluding carboxylic acids is 1. The van der Waals surface area contributed by atoms with Crippen molar-refractivity contribution in [3.8, 4) is 0 Å². The Morgan fingerprint density at radius 1 is 1.16 bits per heavy atom. The third-order valence-corrected chi connectivity index (χ3v) is 6.15. The van der Waals surface area contributed by atoms with Gasteiger partial charge in [0, 0.05) is 13.0 Å². The van der Waals surface area contributed by atoms with Gasteiger partial charge >= 0.3 is 0 Å². The van der Waals surface area contributed by atoms with Crippen molar-refractivity contribution < 1.29 is 17.6 Å². The summed E-state index contributed by atoms with van der Waals surface area (Å²) >= 11 is 0. The third-order valence-electron chi connectivity index (χ3n) is 4.07. The molecule has 1 atom stereocenters. The van der Waals surface area contributed by atoms with Gasteiger partial charge in [-0.05, 0) is 42.2 Å². The molecule has 1 amide bonds. The Bertz CT molecular complexity index is 777. The normalized spacial score (nSPS) is 13.0. The molecule has 2 aromatic rings. The zero-order valence-corrected chi connectivity index (χ0v) is 15.7. The van der Waals surface area contributed by atoms with Crippen LogP contribution in [-0.2, 0) is 14.6 Å². The van der Waals surface area contributed by atoms with Gasteiger partial charge in [0.25, 0.3) is 0 Å². The second-order valence-corrected chi connectivity index (χ2v) is 8.46. The molecule has 5 nitrogen and oxygen atoms in total. The summed E-state index contributed by atoms with van der Waals surface area (Å²) in [6, 6.07) is 10.2. The Labute approximate surface area is 149 Å². The summed E-state index contributed by atoms with van der Waals surface area (Å²) in [4.78, 5) is 12.0. The zero-order chi connectivity index (χ0) is 18.4. The molecule has 0 aliphatic heterocycles. The van der Waals surface area contributed by atoms with E-state index in [-0.39, 0.29) is 17.3 Å². The topological polar surface area (TPSA) is 76.4 Å². The average Bonchev–Trinajstić information content (AvgIpc) is 3.09. The van der Waals surface area contributed by atoms with Crippen LogP contribution in [0.1, 0.15) is 56.1 Å². The molecule has 136 valence electrons. The summed E-state index contributed by atoms with van der Waals surface area (Å²) < 4.78 is 31.5.